The summed E-state index contributed by atoms with van der Waals surface area (Å²) in [5.41, 5.74) is 1.82. The van der Waals surface area contributed by atoms with Crippen LogP contribution in [0.2, 0.25) is 0 Å². The molecule has 0 saturated carbocycles. The highest BCUT2D eigenvalue weighted by Crippen LogP contribution is 2.44. The van der Waals surface area contributed by atoms with Crippen LogP contribution >= 0.6 is 0 Å². The first-order valence-corrected chi connectivity index (χ1v) is 5.39. The first-order valence-electron chi connectivity index (χ1n) is 5.39. The zero-order valence-electron chi connectivity index (χ0n) is 8.71. The molecule has 2 N–H and O–H groups in total. The van der Waals surface area contributed by atoms with Crippen molar-refractivity contribution in [1.29, 1.82) is 0 Å². The van der Waals surface area contributed by atoms with Crippen molar-refractivity contribution < 1.29 is 4.79 Å². The number of hydrogen-bond donors (Lipinski definition) is 2. The fourth-order valence-electron chi connectivity index (χ4n) is 2.89. The second-order valence-electron chi connectivity index (χ2n) is 4.40. The summed E-state index contributed by atoms with van der Waals surface area (Å²) in [6.45, 7) is 3.01. The number of para-hydroxylation sites is 1. The molecule has 0 bridgehead atoms. The summed E-state index contributed by atoms with van der Waals surface area (Å²) in [6, 6.07) is 8.24. The van der Waals surface area contributed by atoms with Crippen LogP contribution in [0.3, 0.4) is 0 Å². The normalized spacial score (nSPS) is 33.1. The molecule has 3 heteroatoms. The lowest BCUT2D eigenvalue weighted by molar-refractivity contribution is -0.121. The van der Waals surface area contributed by atoms with E-state index < -0.39 is 0 Å². The third-order valence-electron chi connectivity index (χ3n) is 3.77. The highest BCUT2D eigenvalue weighted by atomic mass is 16.2. The van der Waals surface area contributed by atoms with E-state index in [1.807, 2.05) is 18.2 Å². The lowest BCUT2D eigenvalue weighted by Crippen LogP contribution is -2.43. The van der Waals surface area contributed by atoms with Gasteiger partial charge in [-0.15, -0.1) is 0 Å². The summed E-state index contributed by atoms with van der Waals surface area (Å²) >= 11 is 0. The number of benzene rings is 1. The maximum Gasteiger partial charge on any atom is 0.236 e. The number of carbonyl (C=O) groups is 1. The van der Waals surface area contributed by atoms with Crippen molar-refractivity contribution in [2.45, 2.75) is 24.8 Å². The molecule has 78 valence electrons. The van der Waals surface area contributed by atoms with E-state index in [2.05, 4.69) is 23.6 Å². The number of carbonyl (C=O) groups excluding carboxylic acids is 1. The van der Waals surface area contributed by atoms with Crippen LogP contribution in [0.5, 0.6) is 0 Å². The number of amides is 1. The Hall–Kier alpha value is -1.35. The van der Waals surface area contributed by atoms with Gasteiger partial charge in [-0.25, -0.2) is 0 Å². The van der Waals surface area contributed by atoms with Crippen molar-refractivity contribution >= 4 is 11.6 Å². The molecule has 1 saturated heterocycles. The second kappa shape index (κ2) is 2.83. The minimum absolute atomic E-state index is 0.154. The summed E-state index contributed by atoms with van der Waals surface area (Å²) in [5.74, 6) is 0.154. The standard InChI is InChI=1S/C12H14N2O/c1-8-12(6-7-13-8)9-4-2-3-5-10(9)14-11(12)15/h2-5,8,13H,6-7H2,1H3,(H,14,15). The van der Waals surface area contributed by atoms with Gasteiger partial charge < -0.3 is 10.6 Å². The van der Waals surface area contributed by atoms with E-state index in [1.54, 1.807) is 0 Å². The third-order valence-corrected chi connectivity index (χ3v) is 3.77. The van der Waals surface area contributed by atoms with Crippen LogP contribution in [0.15, 0.2) is 24.3 Å². The van der Waals surface area contributed by atoms with E-state index in [-0.39, 0.29) is 17.4 Å². The topological polar surface area (TPSA) is 41.1 Å². The highest BCUT2D eigenvalue weighted by molar-refractivity contribution is 6.07. The Morgan fingerprint density at radius 2 is 2.20 bits per heavy atom. The van der Waals surface area contributed by atoms with Gasteiger partial charge in [0, 0.05) is 11.7 Å². The Morgan fingerprint density at radius 1 is 1.40 bits per heavy atom. The first-order chi connectivity index (χ1) is 7.25. The lowest BCUT2D eigenvalue weighted by Gasteiger charge is -2.25. The van der Waals surface area contributed by atoms with Gasteiger partial charge >= 0.3 is 0 Å². The molecule has 2 aliphatic heterocycles. The molecule has 15 heavy (non-hydrogen) atoms. The molecule has 3 nitrogen and oxygen atoms in total. The van der Waals surface area contributed by atoms with Gasteiger partial charge in [0.05, 0.1) is 5.41 Å². The quantitative estimate of drug-likeness (QED) is 0.665. The Balaban J connectivity index is 2.21. The molecule has 1 spiro atoms. The summed E-state index contributed by atoms with van der Waals surface area (Å²) in [6.07, 6.45) is 0.900. The fraction of sp³-hybridized carbons (Fsp3) is 0.417. The molecule has 1 amide bonds. The maximum atomic E-state index is 12.1. The van der Waals surface area contributed by atoms with Gasteiger partial charge in [-0.3, -0.25) is 4.79 Å². The molecule has 1 aromatic carbocycles. The molecule has 0 radical (unpaired) electrons. The third kappa shape index (κ3) is 0.960. The van der Waals surface area contributed by atoms with Gasteiger partial charge in [0.25, 0.3) is 0 Å². The van der Waals surface area contributed by atoms with Crippen molar-refractivity contribution in [2.75, 3.05) is 11.9 Å². The monoisotopic (exact) mass is 202 g/mol. The maximum absolute atomic E-state index is 12.1. The summed E-state index contributed by atoms with van der Waals surface area (Å²) in [7, 11) is 0. The van der Waals surface area contributed by atoms with E-state index in [0.717, 1.165) is 24.2 Å². The zero-order chi connectivity index (χ0) is 10.5. The van der Waals surface area contributed by atoms with Crippen LogP contribution in [0.25, 0.3) is 0 Å². The first kappa shape index (κ1) is 8.92. The number of rotatable bonds is 0. The summed E-state index contributed by atoms with van der Waals surface area (Å²) in [5, 5.41) is 6.34. The van der Waals surface area contributed by atoms with Crippen molar-refractivity contribution in [1.82, 2.24) is 5.32 Å². The average Bonchev–Trinajstić information content (AvgIpc) is 2.74. The molecule has 0 aliphatic carbocycles. The van der Waals surface area contributed by atoms with E-state index in [9.17, 15) is 4.79 Å². The van der Waals surface area contributed by atoms with Crippen molar-refractivity contribution in [2.24, 2.45) is 0 Å². The molecule has 2 heterocycles. The van der Waals surface area contributed by atoms with Crippen LogP contribution in [0.4, 0.5) is 5.69 Å². The molecule has 1 aromatic rings. The average molecular weight is 202 g/mol. The minimum Gasteiger partial charge on any atom is -0.325 e. The predicted molar refractivity (Wildman–Crippen MR) is 58.8 cm³/mol. The van der Waals surface area contributed by atoms with E-state index >= 15 is 0 Å². The molecule has 0 aromatic heterocycles. The van der Waals surface area contributed by atoms with Gasteiger partial charge in [-0.2, -0.15) is 0 Å². The van der Waals surface area contributed by atoms with Crippen LogP contribution in [-0.2, 0) is 10.2 Å². The second-order valence-corrected chi connectivity index (χ2v) is 4.40. The smallest absolute Gasteiger partial charge is 0.236 e. The fourth-order valence-corrected chi connectivity index (χ4v) is 2.89. The SMILES string of the molecule is CC1NCCC12C(=O)Nc1ccccc12. The van der Waals surface area contributed by atoms with Crippen LogP contribution in [-0.4, -0.2) is 18.5 Å². The zero-order valence-corrected chi connectivity index (χ0v) is 8.71. The van der Waals surface area contributed by atoms with Gasteiger partial charge in [-0.05, 0) is 31.5 Å². The molecule has 2 unspecified atom stereocenters. The molecule has 2 aliphatic rings. The molecule has 1 fully saturated rings. The van der Waals surface area contributed by atoms with Gasteiger partial charge in [0.2, 0.25) is 5.91 Å². The van der Waals surface area contributed by atoms with Gasteiger partial charge in [0.1, 0.15) is 0 Å². The number of anilines is 1. The summed E-state index contributed by atoms with van der Waals surface area (Å²) in [4.78, 5) is 12.1. The summed E-state index contributed by atoms with van der Waals surface area (Å²) < 4.78 is 0. The Kier molecular flexibility index (Phi) is 1.68. The number of fused-ring (bicyclic) bond motifs is 2. The van der Waals surface area contributed by atoms with E-state index in [1.165, 1.54) is 0 Å². The van der Waals surface area contributed by atoms with Crippen LogP contribution in [0, 0.1) is 0 Å². The van der Waals surface area contributed by atoms with E-state index in [4.69, 9.17) is 0 Å². The molecular weight excluding hydrogens is 188 g/mol. The lowest BCUT2D eigenvalue weighted by atomic mass is 9.76. The molecular formula is C12H14N2O. The Labute approximate surface area is 88.9 Å². The number of hydrogen-bond acceptors (Lipinski definition) is 2. The largest absolute Gasteiger partial charge is 0.325 e. The number of nitrogens with one attached hydrogen (secondary N) is 2. The Morgan fingerprint density at radius 3 is 2.93 bits per heavy atom. The highest BCUT2D eigenvalue weighted by Gasteiger charge is 2.52. The molecule has 3 rings (SSSR count). The van der Waals surface area contributed by atoms with Crippen molar-refractivity contribution in [3.05, 3.63) is 29.8 Å². The van der Waals surface area contributed by atoms with Gasteiger partial charge in [-0.1, -0.05) is 18.2 Å². The minimum atomic E-state index is -0.323. The van der Waals surface area contributed by atoms with Crippen molar-refractivity contribution in [3.8, 4) is 0 Å². The van der Waals surface area contributed by atoms with Crippen LogP contribution < -0.4 is 10.6 Å². The van der Waals surface area contributed by atoms with Crippen molar-refractivity contribution in [3.63, 3.8) is 0 Å². The van der Waals surface area contributed by atoms with E-state index in [0.29, 0.717) is 0 Å². The van der Waals surface area contributed by atoms with Gasteiger partial charge in [0.15, 0.2) is 0 Å². The predicted octanol–water partition coefficient (Wildman–Crippen LogP) is 1.26. The van der Waals surface area contributed by atoms with Crippen LogP contribution in [0.1, 0.15) is 18.9 Å². The Bertz CT molecular complexity index is 429. The molecule has 2 atom stereocenters.